The van der Waals surface area contributed by atoms with Crippen LogP contribution in [0.4, 0.5) is 5.82 Å². The quantitative estimate of drug-likeness (QED) is 0.881. The average Bonchev–Trinajstić information content (AvgIpc) is 2.79. The fraction of sp³-hybridized carbons (Fsp3) is 0. The molecule has 0 spiro atoms. The second-order valence-electron chi connectivity index (χ2n) is 3.20. The van der Waals surface area contributed by atoms with Gasteiger partial charge in [-0.25, -0.2) is 4.98 Å². The Bertz CT molecular complexity index is 537. The van der Waals surface area contributed by atoms with Crippen molar-refractivity contribution >= 4 is 45.1 Å². The molecule has 2 heterocycles. The van der Waals surface area contributed by atoms with Crippen LogP contribution >= 0.6 is 27.3 Å². The molecule has 0 aliphatic carbocycles. The van der Waals surface area contributed by atoms with Crippen molar-refractivity contribution in [3.63, 3.8) is 0 Å². The molecule has 0 aromatic carbocycles. The lowest BCUT2D eigenvalue weighted by atomic mass is 10.4. The second-order valence-corrected chi connectivity index (χ2v) is 5.09. The van der Waals surface area contributed by atoms with Gasteiger partial charge in [-0.2, -0.15) is 0 Å². The fourth-order valence-electron chi connectivity index (χ4n) is 1.18. The number of thiophene rings is 1. The Morgan fingerprint density at radius 1 is 1.47 bits per heavy atom. The van der Waals surface area contributed by atoms with E-state index in [1.807, 2.05) is 17.5 Å². The number of nitrogens with zero attached hydrogens (tertiary/aromatic N) is 1. The number of rotatable bonds is 3. The minimum absolute atomic E-state index is 0.191. The van der Waals surface area contributed by atoms with Crippen LogP contribution in [0.25, 0.3) is 6.08 Å². The van der Waals surface area contributed by atoms with Crippen molar-refractivity contribution in [2.75, 3.05) is 5.32 Å². The van der Waals surface area contributed by atoms with Crippen LogP contribution in [0.15, 0.2) is 46.4 Å². The van der Waals surface area contributed by atoms with Crippen molar-refractivity contribution in [1.29, 1.82) is 0 Å². The molecule has 0 aliphatic rings. The van der Waals surface area contributed by atoms with Gasteiger partial charge in [-0.1, -0.05) is 22.0 Å². The van der Waals surface area contributed by atoms with Crippen molar-refractivity contribution in [2.45, 2.75) is 0 Å². The first-order valence-electron chi connectivity index (χ1n) is 4.88. The molecule has 0 saturated heterocycles. The summed E-state index contributed by atoms with van der Waals surface area (Å²) < 4.78 is 0.880. The van der Waals surface area contributed by atoms with Gasteiger partial charge in [-0.15, -0.1) is 11.3 Å². The number of hydrogen-bond acceptors (Lipinski definition) is 3. The van der Waals surface area contributed by atoms with Crippen LogP contribution in [0.5, 0.6) is 0 Å². The molecule has 17 heavy (non-hydrogen) atoms. The molecule has 0 aliphatic heterocycles. The van der Waals surface area contributed by atoms with Crippen LogP contribution in [0.3, 0.4) is 0 Å². The lowest BCUT2D eigenvalue weighted by Gasteiger charge is -2.00. The van der Waals surface area contributed by atoms with Crippen molar-refractivity contribution in [1.82, 2.24) is 4.98 Å². The van der Waals surface area contributed by atoms with Crippen LogP contribution in [0.2, 0.25) is 0 Å². The fourth-order valence-corrected chi connectivity index (χ4v) is 2.14. The Kier molecular flexibility index (Phi) is 4.06. The standard InChI is InChI=1S/C12H9BrN2OS/c13-9-5-6-14-11(8-9)15-12(16)4-3-10-2-1-7-17-10/h1-8H,(H,14,15,16)/b4-3+. The molecule has 0 bridgehead atoms. The second kappa shape index (κ2) is 5.75. The molecule has 0 radical (unpaired) electrons. The summed E-state index contributed by atoms with van der Waals surface area (Å²) in [5, 5.41) is 4.65. The first-order valence-corrected chi connectivity index (χ1v) is 6.55. The maximum Gasteiger partial charge on any atom is 0.249 e. The third-order valence-corrected chi connectivity index (χ3v) is 3.25. The molecule has 2 aromatic rings. The Hall–Kier alpha value is -1.46. The predicted molar refractivity (Wildman–Crippen MR) is 73.9 cm³/mol. The maximum absolute atomic E-state index is 11.6. The first kappa shape index (κ1) is 12.0. The van der Waals surface area contributed by atoms with Crippen molar-refractivity contribution in [3.05, 3.63) is 51.3 Å². The van der Waals surface area contributed by atoms with Gasteiger partial charge in [-0.05, 0) is 29.7 Å². The highest BCUT2D eigenvalue weighted by Gasteiger charge is 1.99. The smallest absolute Gasteiger partial charge is 0.249 e. The van der Waals surface area contributed by atoms with E-state index in [0.29, 0.717) is 5.82 Å². The molecule has 86 valence electrons. The number of aromatic nitrogens is 1. The zero-order chi connectivity index (χ0) is 12.1. The zero-order valence-corrected chi connectivity index (χ0v) is 11.2. The van der Waals surface area contributed by atoms with Crippen LogP contribution < -0.4 is 5.32 Å². The van der Waals surface area contributed by atoms with Gasteiger partial charge in [0.25, 0.3) is 0 Å². The molecule has 1 N–H and O–H groups in total. The molecule has 2 aromatic heterocycles. The van der Waals surface area contributed by atoms with E-state index in [1.54, 1.807) is 35.7 Å². The highest BCUT2D eigenvalue weighted by atomic mass is 79.9. The van der Waals surface area contributed by atoms with E-state index in [9.17, 15) is 4.79 Å². The highest BCUT2D eigenvalue weighted by Crippen LogP contribution is 2.13. The Morgan fingerprint density at radius 3 is 3.06 bits per heavy atom. The predicted octanol–water partition coefficient (Wildman–Crippen LogP) is 3.56. The Balaban J connectivity index is 1.98. The third kappa shape index (κ3) is 3.80. The molecule has 5 heteroatoms. The number of amides is 1. The first-order chi connectivity index (χ1) is 8.24. The van der Waals surface area contributed by atoms with Crippen LogP contribution in [0, 0.1) is 0 Å². The number of pyridine rings is 1. The van der Waals surface area contributed by atoms with Crippen LogP contribution in [0.1, 0.15) is 4.88 Å². The lowest BCUT2D eigenvalue weighted by Crippen LogP contribution is -2.08. The minimum atomic E-state index is -0.191. The molecule has 0 saturated carbocycles. The van der Waals surface area contributed by atoms with Gasteiger partial charge in [0, 0.05) is 21.6 Å². The lowest BCUT2D eigenvalue weighted by molar-refractivity contribution is -0.111. The van der Waals surface area contributed by atoms with Gasteiger partial charge in [-0.3, -0.25) is 4.79 Å². The number of nitrogens with one attached hydrogen (secondary N) is 1. The Labute approximate surface area is 111 Å². The molecule has 0 unspecified atom stereocenters. The van der Waals surface area contributed by atoms with Crippen molar-refractivity contribution in [3.8, 4) is 0 Å². The molecule has 0 atom stereocenters. The van der Waals surface area contributed by atoms with Crippen molar-refractivity contribution < 1.29 is 4.79 Å². The summed E-state index contributed by atoms with van der Waals surface area (Å²) in [4.78, 5) is 16.6. The van der Waals surface area contributed by atoms with E-state index in [-0.39, 0.29) is 5.91 Å². The molecular weight excluding hydrogens is 300 g/mol. The number of carbonyl (C=O) groups excluding carboxylic acids is 1. The summed E-state index contributed by atoms with van der Waals surface area (Å²) in [6.45, 7) is 0. The molecule has 0 fully saturated rings. The highest BCUT2D eigenvalue weighted by molar-refractivity contribution is 9.10. The number of anilines is 1. The molecule has 3 nitrogen and oxygen atoms in total. The van der Waals surface area contributed by atoms with Crippen molar-refractivity contribution in [2.24, 2.45) is 0 Å². The number of hydrogen-bond donors (Lipinski definition) is 1. The number of halogens is 1. The summed E-state index contributed by atoms with van der Waals surface area (Å²) in [7, 11) is 0. The van der Waals surface area contributed by atoms with Gasteiger partial charge in [0.05, 0.1) is 0 Å². The van der Waals surface area contributed by atoms with E-state index < -0.39 is 0 Å². The van der Waals surface area contributed by atoms with Gasteiger partial charge in [0.1, 0.15) is 5.82 Å². The Morgan fingerprint density at radius 2 is 2.35 bits per heavy atom. The van der Waals surface area contributed by atoms with Gasteiger partial charge in [0.15, 0.2) is 0 Å². The van der Waals surface area contributed by atoms with Crippen LogP contribution in [-0.4, -0.2) is 10.9 Å². The topological polar surface area (TPSA) is 42.0 Å². The van der Waals surface area contributed by atoms with Gasteiger partial charge in [0.2, 0.25) is 5.91 Å². The normalized spacial score (nSPS) is 10.6. The summed E-state index contributed by atoms with van der Waals surface area (Å²) in [5.74, 6) is 0.337. The zero-order valence-electron chi connectivity index (χ0n) is 8.76. The third-order valence-electron chi connectivity index (χ3n) is 1.92. The largest absolute Gasteiger partial charge is 0.307 e. The summed E-state index contributed by atoms with van der Waals surface area (Å²) in [6, 6.07) is 7.44. The van der Waals surface area contributed by atoms with Crippen LogP contribution in [-0.2, 0) is 4.79 Å². The van der Waals surface area contributed by atoms with E-state index in [2.05, 4.69) is 26.2 Å². The van der Waals surface area contributed by atoms with E-state index >= 15 is 0 Å². The van der Waals surface area contributed by atoms with E-state index in [1.165, 1.54) is 6.08 Å². The summed E-state index contributed by atoms with van der Waals surface area (Å²) in [6.07, 6.45) is 4.90. The molecule has 1 amide bonds. The SMILES string of the molecule is O=C(/C=C/c1cccs1)Nc1cc(Br)ccn1. The summed E-state index contributed by atoms with van der Waals surface area (Å²) >= 11 is 4.90. The van der Waals surface area contributed by atoms with E-state index in [0.717, 1.165) is 9.35 Å². The van der Waals surface area contributed by atoms with Gasteiger partial charge >= 0.3 is 0 Å². The van der Waals surface area contributed by atoms with E-state index in [4.69, 9.17) is 0 Å². The maximum atomic E-state index is 11.6. The summed E-state index contributed by atoms with van der Waals surface area (Å²) in [5.41, 5.74) is 0. The average molecular weight is 309 g/mol. The molecule has 2 rings (SSSR count). The monoisotopic (exact) mass is 308 g/mol. The molecular formula is C12H9BrN2OS. The van der Waals surface area contributed by atoms with Gasteiger partial charge < -0.3 is 5.32 Å². The number of carbonyl (C=O) groups is 1. The minimum Gasteiger partial charge on any atom is -0.307 e.